The molecule has 0 bridgehead atoms. The number of hydrogen-bond donors (Lipinski definition) is 0. The summed E-state index contributed by atoms with van der Waals surface area (Å²) in [6, 6.07) is 10.1. The van der Waals surface area contributed by atoms with Crippen molar-refractivity contribution in [3.8, 4) is 0 Å². The zero-order chi connectivity index (χ0) is 19.6. The first-order valence-corrected chi connectivity index (χ1v) is 9.89. The van der Waals surface area contributed by atoms with E-state index in [2.05, 4.69) is 15.2 Å². The lowest BCUT2D eigenvalue weighted by atomic mass is 10.2. The third kappa shape index (κ3) is 6.28. The van der Waals surface area contributed by atoms with E-state index in [1.54, 1.807) is 15.8 Å². The van der Waals surface area contributed by atoms with Gasteiger partial charge in [-0.2, -0.15) is 0 Å². The SMILES string of the molecule is CN(CCCCN1CCOCC1)C(=O)c1cn(C/C=C/c2ccccc2)nn1. The summed E-state index contributed by atoms with van der Waals surface area (Å²) in [6.07, 6.45) is 7.81. The summed E-state index contributed by atoms with van der Waals surface area (Å²) in [4.78, 5) is 16.7. The summed E-state index contributed by atoms with van der Waals surface area (Å²) in [7, 11) is 1.82. The predicted octanol–water partition coefficient (Wildman–Crippen LogP) is 2.18. The molecule has 1 amide bonds. The van der Waals surface area contributed by atoms with Crippen molar-refractivity contribution in [3.63, 3.8) is 0 Å². The van der Waals surface area contributed by atoms with Crippen LogP contribution in [0.2, 0.25) is 0 Å². The molecule has 7 heteroatoms. The Balaban J connectivity index is 1.39. The normalized spacial score (nSPS) is 15.2. The summed E-state index contributed by atoms with van der Waals surface area (Å²) in [5.74, 6) is -0.0790. The van der Waals surface area contributed by atoms with Gasteiger partial charge in [0.1, 0.15) is 0 Å². The van der Waals surface area contributed by atoms with Gasteiger partial charge in [0, 0.05) is 26.7 Å². The van der Waals surface area contributed by atoms with Crippen LogP contribution in [-0.2, 0) is 11.3 Å². The van der Waals surface area contributed by atoms with Crippen molar-refractivity contribution in [3.05, 3.63) is 53.9 Å². The maximum Gasteiger partial charge on any atom is 0.275 e. The molecule has 1 fully saturated rings. The highest BCUT2D eigenvalue weighted by atomic mass is 16.5. The van der Waals surface area contributed by atoms with Gasteiger partial charge in [0.2, 0.25) is 0 Å². The quantitative estimate of drug-likeness (QED) is 0.621. The summed E-state index contributed by atoms with van der Waals surface area (Å²) in [5.41, 5.74) is 1.53. The van der Waals surface area contributed by atoms with E-state index in [4.69, 9.17) is 4.74 Å². The number of morpholine rings is 1. The Labute approximate surface area is 166 Å². The third-order valence-corrected chi connectivity index (χ3v) is 4.83. The van der Waals surface area contributed by atoms with Crippen molar-refractivity contribution in [1.29, 1.82) is 0 Å². The molecule has 0 saturated carbocycles. The van der Waals surface area contributed by atoms with Crippen LogP contribution in [0.1, 0.15) is 28.9 Å². The molecule has 0 spiro atoms. The van der Waals surface area contributed by atoms with Crippen LogP contribution in [0.5, 0.6) is 0 Å². The summed E-state index contributed by atoms with van der Waals surface area (Å²) < 4.78 is 7.04. The van der Waals surface area contributed by atoms with Crippen LogP contribution in [0.25, 0.3) is 6.08 Å². The van der Waals surface area contributed by atoms with E-state index in [9.17, 15) is 4.79 Å². The molecule has 0 N–H and O–H groups in total. The number of rotatable bonds is 9. The van der Waals surface area contributed by atoms with Crippen LogP contribution >= 0.6 is 0 Å². The van der Waals surface area contributed by atoms with E-state index in [-0.39, 0.29) is 5.91 Å². The van der Waals surface area contributed by atoms with Crippen LogP contribution in [0.15, 0.2) is 42.6 Å². The fourth-order valence-electron chi connectivity index (χ4n) is 3.15. The van der Waals surface area contributed by atoms with Crippen molar-refractivity contribution in [2.75, 3.05) is 46.4 Å². The minimum absolute atomic E-state index is 0.0790. The first-order valence-electron chi connectivity index (χ1n) is 9.89. The molecule has 3 rings (SSSR count). The Bertz CT molecular complexity index is 753. The number of amides is 1. The first-order chi connectivity index (χ1) is 13.7. The standard InChI is InChI=1S/C21H29N5O2/c1-24(11-5-6-12-25-14-16-28-17-15-25)21(27)20-18-26(23-22-20)13-7-10-19-8-3-2-4-9-19/h2-4,7-10,18H,5-6,11-17H2,1H3/b10-7+. The van der Waals surface area contributed by atoms with Gasteiger partial charge >= 0.3 is 0 Å². The van der Waals surface area contributed by atoms with E-state index in [0.717, 1.165) is 57.8 Å². The lowest BCUT2D eigenvalue weighted by Crippen LogP contribution is -2.37. The lowest BCUT2D eigenvalue weighted by Gasteiger charge is -2.26. The Hall–Kier alpha value is -2.51. The molecular weight excluding hydrogens is 354 g/mol. The van der Waals surface area contributed by atoms with Crippen LogP contribution in [0, 0.1) is 0 Å². The third-order valence-electron chi connectivity index (χ3n) is 4.83. The molecule has 1 aromatic heterocycles. The topological polar surface area (TPSA) is 63.5 Å². The average molecular weight is 383 g/mol. The fraction of sp³-hybridized carbons (Fsp3) is 0.476. The molecule has 1 aromatic carbocycles. The lowest BCUT2D eigenvalue weighted by molar-refractivity contribution is 0.0369. The molecule has 0 radical (unpaired) electrons. The van der Waals surface area contributed by atoms with Gasteiger partial charge in [0.15, 0.2) is 5.69 Å². The molecule has 0 unspecified atom stereocenters. The minimum atomic E-state index is -0.0790. The Morgan fingerprint density at radius 2 is 2.00 bits per heavy atom. The molecule has 1 aliphatic rings. The van der Waals surface area contributed by atoms with Gasteiger partial charge in [-0.1, -0.05) is 47.7 Å². The van der Waals surface area contributed by atoms with Crippen LogP contribution in [0.3, 0.4) is 0 Å². The number of benzene rings is 1. The first kappa shape index (κ1) is 20.2. The van der Waals surface area contributed by atoms with Crippen LogP contribution < -0.4 is 0 Å². The second-order valence-electron chi connectivity index (χ2n) is 7.03. The van der Waals surface area contributed by atoms with Gasteiger partial charge in [-0.05, 0) is 24.9 Å². The number of ether oxygens (including phenoxy) is 1. The van der Waals surface area contributed by atoms with Crippen molar-refractivity contribution in [1.82, 2.24) is 24.8 Å². The number of unbranched alkanes of at least 4 members (excludes halogenated alkanes) is 1. The zero-order valence-electron chi connectivity index (χ0n) is 16.5. The Morgan fingerprint density at radius 3 is 2.79 bits per heavy atom. The average Bonchev–Trinajstić information content (AvgIpc) is 3.21. The van der Waals surface area contributed by atoms with Crippen molar-refractivity contribution in [2.45, 2.75) is 19.4 Å². The minimum Gasteiger partial charge on any atom is -0.379 e. The number of allylic oxidation sites excluding steroid dienone is 1. The van der Waals surface area contributed by atoms with Crippen LogP contribution in [0.4, 0.5) is 0 Å². The molecule has 7 nitrogen and oxygen atoms in total. The smallest absolute Gasteiger partial charge is 0.275 e. The van der Waals surface area contributed by atoms with Crippen molar-refractivity contribution >= 4 is 12.0 Å². The fourth-order valence-corrected chi connectivity index (χ4v) is 3.15. The van der Waals surface area contributed by atoms with Gasteiger partial charge in [-0.15, -0.1) is 5.10 Å². The molecule has 1 saturated heterocycles. The second-order valence-corrected chi connectivity index (χ2v) is 7.03. The molecule has 1 aliphatic heterocycles. The summed E-state index contributed by atoms with van der Waals surface area (Å²) >= 11 is 0. The molecule has 0 aliphatic carbocycles. The van der Waals surface area contributed by atoms with Gasteiger partial charge in [0.25, 0.3) is 5.91 Å². The van der Waals surface area contributed by atoms with Crippen LogP contribution in [-0.4, -0.2) is 77.1 Å². The number of aromatic nitrogens is 3. The van der Waals surface area contributed by atoms with E-state index in [1.807, 2.05) is 49.5 Å². The molecule has 0 atom stereocenters. The van der Waals surface area contributed by atoms with Gasteiger partial charge in [-0.3, -0.25) is 9.69 Å². The van der Waals surface area contributed by atoms with Crippen molar-refractivity contribution in [2.24, 2.45) is 0 Å². The highest BCUT2D eigenvalue weighted by molar-refractivity contribution is 5.91. The maximum absolute atomic E-state index is 12.5. The highest BCUT2D eigenvalue weighted by Gasteiger charge is 2.15. The number of nitrogens with zero attached hydrogens (tertiary/aromatic N) is 5. The summed E-state index contributed by atoms with van der Waals surface area (Å²) in [5, 5.41) is 8.09. The zero-order valence-corrected chi connectivity index (χ0v) is 16.5. The monoisotopic (exact) mass is 383 g/mol. The second kappa shape index (κ2) is 10.7. The molecule has 2 heterocycles. The maximum atomic E-state index is 12.5. The summed E-state index contributed by atoms with van der Waals surface area (Å²) in [6.45, 7) is 6.05. The van der Waals surface area contributed by atoms with Crippen molar-refractivity contribution < 1.29 is 9.53 Å². The Kier molecular flexibility index (Phi) is 7.75. The van der Waals surface area contributed by atoms with E-state index in [0.29, 0.717) is 12.2 Å². The largest absolute Gasteiger partial charge is 0.379 e. The van der Waals surface area contributed by atoms with E-state index in [1.165, 1.54) is 0 Å². The number of carbonyl (C=O) groups is 1. The predicted molar refractivity (Wildman–Crippen MR) is 109 cm³/mol. The molecular formula is C21H29N5O2. The molecule has 2 aromatic rings. The molecule has 28 heavy (non-hydrogen) atoms. The van der Waals surface area contributed by atoms with Gasteiger partial charge in [-0.25, -0.2) is 4.68 Å². The highest BCUT2D eigenvalue weighted by Crippen LogP contribution is 2.05. The van der Waals surface area contributed by atoms with Gasteiger partial charge < -0.3 is 9.64 Å². The van der Waals surface area contributed by atoms with E-state index >= 15 is 0 Å². The number of hydrogen-bond acceptors (Lipinski definition) is 5. The van der Waals surface area contributed by atoms with E-state index < -0.39 is 0 Å². The number of carbonyl (C=O) groups excluding carboxylic acids is 1. The Morgan fingerprint density at radius 1 is 1.21 bits per heavy atom. The molecule has 150 valence electrons. The van der Waals surface area contributed by atoms with Gasteiger partial charge in [0.05, 0.1) is 26.0 Å².